The predicted molar refractivity (Wildman–Crippen MR) is 138 cm³/mol. The van der Waals surface area contributed by atoms with Crippen molar-refractivity contribution in [1.29, 1.82) is 0 Å². The van der Waals surface area contributed by atoms with Crippen molar-refractivity contribution < 1.29 is 4.79 Å². The Labute approximate surface area is 201 Å². The summed E-state index contributed by atoms with van der Waals surface area (Å²) in [6.07, 6.45) is 2.18. The molecule has 1 N–H and O–H groups in total. The number of hydrazone groups is 1. The van der Waals surface area contributed by atoms with Gasteiger partial charge in [-0.1, -0.05) is 66.7 Å². The van der Waals surface area contributed by atoms with Crippen molar-refractivity contribution in [2.24, 2.45) is 5.10 Å². The molecule has 35 heavy (non-hydrogen) atoms. The molecule has 0 saturated heterocycles. The van der Waals surface area contributed by atoms with E-state index in [2.05, 4.69) is 9.97 Å². The lowest BCUT2D eigenvalue weighted by Gasteiger charge is -2.21. The molecule has 5 aromatic rings. The third-order valence-corrected chi connectivity index (χ3v) is 6.55. The van der Waals surface area contributed by atoms with Crippen molar-refractivity contribution in [2.45, 2.75) is 19.4 Å². The summed E-state index contributed by atoms with van der Waals surface area (Å²) in [6.45, 7) is 1.51. The van der Waals surface area contributed by atoms with Gasteiger partial charge in [0.2, 0.25) is 5.91 Å². The van der Waals surface area contributed by atoms with E-state index in [1.54, 1.807) is 6.20 Å². The first-order valence-corrected chi connectivity index (χ1v) is 11.5. The number of benzene rings is 3. The van der Waals surface area contributed by atoms with Gasteiger partial charge in [-0.25, -0.2) is 5.01 Å². The summed E-state index contributed by atoms with van der Waals surface area (Å²) in [4.78, 5) is 33.7. The van der Waals surface area contributed by atoms with Crippen LogP contribution in [-0.2, 0) is 4.79 Å². The van der Waals surface area contributed by atoms with E-state index >= 15 is 0 Å². The summed E-state index contributed by atoms with van der Waals surface area (Å²) in [6, 6.07) is 27.1. The Morgan fingerprint density at radius 2 is 1.60 bits per heavy atom. The summed E-state index contributed by atoms with van der Waals surface area (Å²) in [7, 11) is 0. The molecule has 170 valence electrons. The van der Waals surface area contributed by atoms with Crippen molar-refractivity contribution in [3.05, 3.63) is 113 Å². The van der Waals surface area contributed by atoms with Crippen LogP contribution in [0.5, 0.6) is 0 Å². The first kappa shape index (κ1) is 21.0. The molecule has 2 aromatic heterocycles. The van der Waals surface area contributed by atoms with E-state index in [0.717, 1.165) is 38.5 Å². The largest absolute Gasteiger partial charge is 0.321 e. The molecule has 0 spiro atoms. The van der Waals surface area contributed by atoms with E-state index in [0.29, 0.717) is 17.7 Å². The SMILES string of the molecule is CC(=O)N1N=C(c2c(-c3ccccc3)c3ccccc3[nH]c2=O)C[C@H]1c1ccnc2ccccc12. The molecule has 6 rings (SSSR count). The van der Waals surface area contributed by atoms with E-state index in [9.17, 15) is 9.59 Å². The van der Waals surface area contributed by atoms with Crippen LogP contribution in [0.3, 0.4) is 0 Å². The minimum absolute atomic E-state index is 0.177. The van der Waals surface area contributed by atoms with Crippen LogP contribution in [0.4, 0.5) is 0 Å². The average Bonchev–Trinajstić information content (AvgIpc) is 3.33. The Balaban J connectivity index is 1.57. The smallest absolute Gasteiger partial charge is 0.258 e. The Morgan fingerprint density at radius 1 is 0.886 bits per heavy atom. The topological polar surface area (TPSA) is 78.4 Å². The number of nitrogens with zero attached hydrogens (tertiary/aromatic N) is 3. The summed E-state index contributed by atoms with van der Waals surface area (Å²) in [5, 5.41) is 8.14. The number of nitrogens with one attached hydrogen (secondary N) is 1. The molecule has 0 saturated carbocycles. The fourth-order valence-corrected chi connectivity index (χ4v) is 5.03. The van der Waals surface area contributed by atoms with E-state index < -0.39 is 0 Å². The van der Waals surface area contributed by atoms with Crippen molar-refractivity contribution in [3.63, 3.8) is 0 Å². The summed E-state index contributed by atoms with van der Waals surface area (Å²) < 4.78 is 0. The van der Waals surface area contributed by atoms with Crippen LogP contribution in [0.25, 0.3) is 32.9 Å². The van der Waals surface area contributed by atoms with E-state index in [1.165, 1.54) is 11.9 Å². The maximum atomic E-state index is 13.5. The number of hydrogen-bond donors (Lipinski definition) is 1. The molecule has 1 atom stereocenters. The van der Waals surface area contributed by atoms with Crippen molar-refractivity contribution in [2.75, 3.05) is 0 Å². The maximum absolute atomic E-state index is 13.5. The van der Waals surface area contributed by atoms with Crippen LogP contribution in [0.1, 0.15) is 30.5 Å². The van der Waals surface area contributed by atoms with Gasteiger partial charge in [-0.15, -0.1) is 0 Å². The number of amides is 1. The van der Waals surface area contributed by atoms with Gasteiger partial charge in [0.05, 0.1) is 22.8 Å². The van der Waals surface area contributed by atoms with Gasteiger partial charge in [0, 0.05) is 41.4 Å². The highest BCUT2D eigenvalue weighted by atomic mass is 16.2. The zero-order chi connectivity index (χ0) is 23.9. The molecular weight excluding hydrogens is 436 g/mol. The quantitative estimate of drug-likeness (QED) is 0.391. The standard InChI is InChI=1S/C29H22N4O2/c1-18(34)33-26(21-15-16-30-23-13-7-5-11-20(21)23)17-25(32-33)28-27(19-9-3-2-4-10-19)22-12-6-8-14-24(22)31-29(28)35/h2-16,26H,17H2,1H3,(H,31,35)/t26-/m0/s1. The van der Waals surface area contributed by atoms with Gasteiger partial charge in [0.25, 0.3) is 5.56 Å². The summed E-state index contributed by atoms with van der Waals surface area (Å²) in [5.74, 6) is -0.177. The van der Waals surface area contributed by atoms with E-state index in [1.807, 2.05) is 84.9 Å². The van der Waals surface area contributed by atoms with Crippen LogP contribution in [0.2, 0.25) is 0 Å². The zero-order valence-electron chi connectivity index (χ0n) is 19.1. The predicted octanol–water partition coefficient (Wildman–Crippen LogP) is 5.44. The third kappa shape index (κ3) is 3.51. The number of rotatable bonds is 3. The van der Waals surface area contributed by atoms with Gasteiger partial charge in [0.15, 0.2) is 0 Å². The molecular formula is C29H22N4O2. The highest BCUT2D eigenvalue weighted by molar-refractivity contribution is 6.13. The Morgan fingerprint density at radius 3 is 2.40 bits per heavy atom. The molecule has 1 aliphatic heterocycles. The molecule has 6 nitrogen and oxygen atoms in total. The second kappa shape index (κ2) is 8.33. The number of pyridine rings is 2. The van der Waals surface area contributed by atoms with Gasteiger partial charge in [-0.2, -0.15) is 5.10 Å². The zero-order valence-corrected chi connectivity index (χ0v) is 19.1. The van der Waals surface area contributed by atoms with Gasteiger partial charge in [0.1, 0.15) is 0 Å². The van der Waals surface area contributed by atoms with Crippen LogP contribution in [-0.4, -0.2) is 26.6 Å². The fraction of sp³-hybridized carbons (Fsp3) is 0.103. The summed E-state index contributed by atoms with van der Waals surface area (Å²) in [5.41, 5.74) is 5.22. The van der Waals surface area contributed by atoms with Crippen LogP contribution in [0.15, 0.2) is 101 Å². The van der Waals surface area contributed by atoms with E-state index in [4.69, 9.17) is 5.10 Å². The molecule has 3 aromatic carbocycles. The monoisotopic (exact) mass is 458 g/mol. The van der Waals surface area contributed by atoms with Crippen LogP contribution >= 0.6 is 0 Å². The number of para-hydroxylation sites is 2. The molecule has 0 unspecified atom stereocenters. The molecule has 3 heterocycles. The third-order valence-electron chi connectivity index (χ3n) is 6.55. The molecule has 0 fully saturated rings. The molecule has 6 heteroatoms. The second-order valence-electron chi connectivity index (χ2n) is 8.66. The first-order valence-electron chi connectivity index (χ1n) is 11.5. The molecule has 0 bridgehead atoms. The minimum Gasteiger partial charge on any atom is -0.321 e. The van der Waals surface area contributed by atoms with Gasteiger partial charge >= 0.3 is 0 Å². The van der Waals surface area contributed by atoms with Crippen molar-refractivity contribution >= 4 is 33.4 Å². The van der Waals surface area contributed by atoms with Crippen molar-refractivity contribution in [1.82, 2.24) is 15.0 Å². The maximum Gasteiger partial charge on any atom is 0.258 e. The number of H-pyrrole nitrogens is 1. The highest BCUT2D eigenvalue weighted by Crippen LogP contribution is 2.38. The Kier molecular flexibility index (Phi) is 4.99. The molecule has 0 aliphatic carbocycles. The number of carbonyl (C=O) groups is 1. The molecule has 0 radical (unpaired) electrons. The van der Waals surface area contributed by atoms with Gasteiger partial charge < -0.3 is 4.98 Å². The normalized spacial score (nSPS) is 15.5. The average molecular weight is 459 g/mol. The fourth-order valence-electron chi connectivity index (χ4n) is 5.03. The first-order chi connectivity index (χ1) is 17.1. The van der Waals surface area contributed by atoms with E-state index in [-0.39, 0.29) is 17.5 Å². The number of aromatic amines is 1. The number of aromatic nitrogens is 2. The van der Waals surface area contributed by atoms with Gasteiger partial charge in [-0.05, 0) is 29.3 Å². The van der Waals surface area contributed by atoms with Crippen LogP contribution < -0.4 is 5.56 Å². The number of fused-ring (bicyclic) bond motifs is 2. The number of carbonyl (C=O) groups excluding carboxylic acids is 1. The number of hydrogen-bond acceptors (Lipinski definition) is 4. The molecule has 1 aliphatic rings. The highest BCUT2D eigenvalue weighted by Gasteiger charge is 2.34. The van der Waals surface area contributed by atoms with Gasteiger partial charge in [-0.3, -0.25) is 14.6 Å². The lowest BCUT2D eigenvalue weighted by atomic mass is 9.90. The minimum atomic E-state index is -0.329. The lowest BCUT2D eigenvalue weighted by Crippen LogP contribution is -2.24. The second-order valence-corrected chi connectivity index (χ2v) is 8.66. The van der Waals surface area contributed by atoms with Crippen molar-refractivity contribution in [3.8, 4) is 11.1 Å². The summed E-state index contributed by atoms with van der Waals surface area (Å²) >= 11 is 0. The lowest BCUT2D eigenvalue weighted by molar-refractivity contribution is -0.130. The van der Waals surface area contributed by atoms with Crippen LogP contribution in [0, 0.1) is 0 Å². The molecule has 1 amide bonds. The Hall–Kier alpha value is -4.58. The Bertz CT molecular complexity index is 1680.